The van der Waals surface area contributed by atoms with Crippen molar-refractivity contribution in [3.63, 3.8) is 0 Å². The van der Waals surface area contributed by atoms with Gasteiger partial charge < -0.3 is 14.8 Å². The summed E-state index contributed by atoms with van der Waals surface area (Å²) < 4.78 is 10.9. The summed E-state index contributed by atoms with van der Waals surface area (Å²) in [6, 6.07) is 7.75. The standard InChI is InChI=1S/C16H24N2O3/c1-3-20-16(19)14-12-17-8-9-18(14)10-11-21-15-7-5-4-6-13(15)2/h4-7,14,17H,3,8-12H2,1-2H3. The molecule has 1 aromatic rings. The summed E-state index contributed by atoms with van der Waals surface area (Å²) in [4.78, 5) is 14.1. The van der Waals surface area contributed by atoms with Gasteiger partial charge in [-0.25, -0.2) is 0 Å². The molecule has 0 spiro atoms. The molecule has 116 valence electrons. The Morgan fingerprint density at radius 2 is 2.24 bits per heavy atom. The predicted octanol–water partition coefficient (Wildman–Crippen LogP) is 1.21. The van der Waals surface area contributed by atoms with E-state index < -0.39 is 0 Å². The molecule has 1 fully saturated rings. The van der Waals surface area contributed by atoms with Crippen molar-refractivity contribution in [2.24, 2.45) is 0 Å². The lowest BCUT2D eigenvalue weighted by Gasteiger charge is -2.34. The van der Waals surface area contributed by atoms with E-state index in [1.54, 1.807) is 0 Å². The van der Waals surface area contributed by atoms with Crippen molar-refractivity contribution in [3.05, 3.63) is 29.8 Å². The summed E-state index contributed by atoms with van der Waals surface area (Å²) in [5, 5.41) is 3.24. The zero-order valence-corrected chi connectivity index (χ0v) is 12.8. The van der Waals surface area contributed by atoms with Crippen LogP contribution < -0.4 is 10.1 Å². The molecular weight excluding hydrogens is 268 g/mol. The van der Waals surface area contributed by atoms with Gasteiger partial charge in [0.1, 0.15) is 18.4 Å². The number of carbonyl (C=O) groups is 1. The molecule has 0 radical (unpaired) electrons. The molecule has 5 nitrogen and oxygen atoms in total. The first-order valence-electron chi connectivity index (χ1n) is 7.52. The molecule has 1 aliphatic heterocycles. The van der Waals surface area contributed by atoms with Gasteiger partial charge in [0.05, 0.1) is 6.61 Å². The van der Waals surface area contributed by atoms with Crippen molar-refractivity contribution >= 4 is 5.97 Å². The summed E-state index contributed by atoms with van der Waals surface area (Å²) in [6.45, 7) is 7.94. The average Bonchev–Trinajstić information content (AvgIpc) is 2.50. The highest BCUT2D eigenvalue weighted by atomic mass is 16.5. The number of piperazine rings is 1. The Kier molecular flexibility index (Phi) is 6.02. The highest BCUT2D eigenvalue weighted by molar-refractivity contribution is 5.76. The van der Waals surface area contributed by atoms with Crippen LogP contribution in [0.25, 0.3) is 0 Å². The smallest absolute Gasteiger partial charge is 0.324 e. The predicted molar refractivity (Wildman–Crippen MR) is 81.5 cm³/mol. The Hall–Kier alpha value is -1.59. The number of nitrogens with one attached hydrogen (secondary N) is 1. The lowest BCUT2D eigenvalue weighted by atomic mass is 10.2. The minimum absolute atomic E-state index is 0.152. The SMILES string of the molecule is CCOC(=O)C1CNCCN1CCOc1ccccc1C. The number of hydrogen-bond donors (Lipinski definition) is 1. The molecule has 1 aliphatic rings. The van der Waals surface area contributed by atoms with E-state index in [4.69, 9.17) is 9.47 Å². The number of nitrogens with zero attached hydrogens (tertiary/aromatic N) is 1. The third-order valence-corrected chi connectivity index (χ3v) is 3.64. The van der Waals surface area contributed by atoms with Crippen LogP contribution in [0, 0.1) is 6.92 Å². The zero-order valence-electron chi connectivity index (χ0n) is 12.8. The van der Waals surface area contributed by atoms with E-state index >= 15 is 0 Å². The van der Waals surface area contributed by atoms with Crippen molar-refractivity contribution in [2.75, 3.05) is 39.4 Å². The van der Waals surface area contributed by atoms with Crippen molar-refractivity contribution in [1.29, 1.82) is 0 Å². The molecule has 0 amide bonds. The van der Waals surface area contributed by atoms with E-state index in [1.165, 1.54) is 0 Å². The number of aryl methyl sites for hydroxylation is 1. The highest BCUT2D eigenvalue weighted by Gasteiger charge is 2.29. The number of esters is 1. The van der Waals surface area contributed by atoms with Gasteiger partial charge in [-0.3, -0.25) is 9.69 Å². The number of hydrogen-bond acceptors (Lipinski definition) is 5. The molecule has 0 aliphatic carbocycles. The molecule has 2 rings (SSSR count). The summed E-state index contributed by atoms with van der Waals surface area (Å²) in [7, 11) is 0. The summed E-state index contributed by atoms with van der Waals surface area (Å²) in [5.41, 5.74) is 1.12. The molecule has 0 saturated carbocycles. The Labute approximate surface area is 126 Å². The van der Waals surface area contributed by atoms with Gasteiger partial charge in [-0.05, 0) is 25.5 Å². The van der Waals surface area contributed by atoms with Crippen molar-refractivity contribution in [1.82, 2.24) is 10.2 Å². The topological polar surface area (TPSA) is 50.8 Å². The minimum Gasteiger partial charge on any atom is -0.492 e. The van der Waals surface area contributed by atoms with Gasteiger partial charge >= 0.3 is 5.97 Å². The number of rotatable bonds is 6. The van der Waals surface area contributed by atoms with Crippen LogP contribution >= 0.6 is 0 Å². The zero-order chi connectivity index (χ0) is 15.1. The second-order valence-electron chi connectivity index (χ2n) is 5.12. The summed E-state index contributed by atoms with van der Waals surface area (Å²) in [5.74, 6) is 0.751. The Morgan fingerprint density at radius 3 is 3.00 bits per heavy atom. The fraction of sp³-hybridized carbons (Fsp3) is 0.562. The fourth-order valence-corrected chi connectivity index (χ4v) is 2.48. The Balaban J connectivity index is 1.85. The van der Waals surface area contributed by atoms with Gasteiger partial charge in [0.2, 0.25) is 0 Å². The van der Waals surface area contributed by atoms with Crippen LogP contribution in [0.5, 0.6) is 5.75 Å². The largest absolute Gasteiger partial charge is 0.492 e. The van der Waals surface area contributed by atoms with Crippen LogP contribution in [-0.4, -0.2) is 56.3 Å². The molecule has 1 saturated heterocycles. The molecule has 21 heavy (non-hydrogen) atoms. The van der Waals surface area contributed by atoms with Gasteiger partial charge in [-0.2, -0.15) is 0 Å². The lowest BCUT2D eigenvalue weighted by Crippen LogP contribution is -2.56. The quantitative estimate of drug-likeness (QED) is 0.799. The van der Waals surface area contributed by atoms with Crippen LogP contribution in [-0.2, 0) is 9.53 Å². The van der Waals surface area contributed by atoms with Crippen LogP contribution in [0.4, 0.5) is 0 Å². The maximum absolute atomic E-state index is 12.0. The molecule has 1 heterocycles. The lowest BCUT2D eigenvalue weighted by molar-refractivity contribution is -0.150. The highest BCUT2D eigenvalue weighted by Crippen LogP contribution is 2.16. The summed E-state index contributed by atoms with van der Waals surface area (Å²) >= 11 is 0. The second kappa shape index (κ2) is 8.00. The van der Waals surface area contributed by atoms with Crippen LogP contribution in [0.2, 0.25) is 0 Å². The van der Waals surface area contributed by atoms with E-state index in [1.807, 2.05) is 38.1 Å². The first-order valence-corrected chi connectivity index (χ1v) is 7.52. The van der Waals surface area contributed by atoms with Crippen LogP contribution in [0.15, 0.2) is 24.3 Å². The molecular formula is C16H24N2O3. The monoisotopic (exact) mass is 292 g/mol. The van der Waals surface area contributed by atoms with Crippen LogP contribution in [0.3, 0.4) is 0 Å². The first-order chi connectivity index (χ1) is 10.2. The maximum atomic E-state index is 12.0. The average molecular weight is 292 g/mol. The van der Waals surface area contributed by atoms with Gasteiger partial charge in [-0.15, -0.1) is 0 Å². The Bertz CT molecular complexity index is 465. The minimum atomic E-state index is -0.209. The van der Waals surface area contributed by atoms with Crippen molar-refractivity contribution in [3.8, 4) is 5.75 Å². The number of carbonyl (C=O) groups excluding carboxylic acids is 1. The number of benzene rings is 1. The molecule has 0 bridgehead atoms. The van der Waals surface area contributed by atoms with E-state index in [0.29, 0.717) is 19.8 Å². The maximum Gasteiger partial charge on any atom is 0.324 e. The molecule has 5 heteroatoms. The van der Waals surface area contributed by atoms with E-state index in [-0.39, 0.29) is 12.0 Å². The van der Waals surface area contributed by atoms with E-state index in [2.05, 4.69) is 10.2 Å². The molecule has 0 aromatic heterocycles. The second-order valence-corrected chi connectivity index (χ2v) is 5.12. The Morgan fingerprint density at radius 1 is 1.43 bits per heavy atom. The normalized spacial score (nSPS) is 19.2. The summed E-state index contributed by atoms with van der Waals surface area (Å²) in [6.07, 6.45) is 0. The first kappa shape index (κ1) is 15.8. The van der Waals surface area contributed by atoms with Crippen molar-refractivity contribution < 1.29 is 14.3 Å². The van der Waals surface area contributed by atoms with Gasteiger partial charge in [0.25, 0.3) is 0 Å². The van der Waals surface area contributed by atoms with Gasteiger partial charge in [-0.1, -0.05) is 18.2 Å². The van der Waals surface area contributed by atoms with Crippen molar-refractivity contribution in [2.45, 2.75) is 19.9 Å². The third kappa shape index (κ3) is 4.44. The third-order valence-electron chi connectivity index (χ3n) is 3.64. The number of para-hydroxylation sites is 1. The molecule has 1 unspecified atom stereocenters. The fourth-order valence-electron chi connectivity index (χ4n) is 2.48. The molecule has 1 N–H and O–H groups in total. The number of ether oxygens (including phenoxy) is 2. The van der Waals surface area contributed by atoms with Gasteiger partial charge in [0, 0.05) is 26.2 Å². The van der Waals surface area contributed by atoms with E-state index in [9.17, 15) is 4.79 Å². The molecule has 1 atom stereocenters. The van der Waals surface area contributed by atoms with E-state index in [0.717, 1.165) is 30.9 Å². The van der Waals surface area contributed by atoms with Crippen LogP contribution in [0.1, 0.15) is 12.5 Å². The van der Waals surface area contributed by atoms with Gasteiger partial charge in [0.15, 0.2) is 0 Å². The molecule has 1 aromatic carbocycles.